The third kappa shape index (κ3) is 1.73. The Balaban J connectivity index is 2.11. The van der Waals surface area contributed by atoms with E-state index in [-0.39, 0.29) is 5.78 Å². The van der Waals surface area contributed by atoms with Crippen molar-refractivity contribution < 1.29 is 4.79 Å². The van der Waals surface area contributed by atoms with Gasteiger partial charge in [-0.25, -0.2) is 0 Å². The lowest BCUT2D eigenvalue weighted by Gasteiger charge is -2.19. The molecule has 4 rings (SSSR count). The Morgan fingerprint density at radius 1 is 0.857 bits per heavy atom. The van der Waals surface area contributed by atoms with Crippen LogP contribution in [0, 0.1) is 0 Å². The van der Waals surface area contributed by atoms with Gasteiger partial charge in [0.05, 0.1) is 16.3 Å². The number of pyridine rings is 1. The number of aromatic nitrogens is 1. The third-order valence-corrected chi connectivity index (χ3v) is 4.15. The molecule has 0 unspecified atom stereocenters. The van der Waals surface area contributed by atoms with Crippen LogP contribution in [0.4, 0.5) is 0 Å². The summed E-state index contributed by atoms with van der Waals surface area (Å²) in [7, 11) is 0. The van der Waals surface area contributed by atoms with Crippen molar-refractivity contribution in [2.45, 2.75) is 0 Å². The van der Waals surface area contributed by atoms with Gasteiger partial charge in [0.15, 0.2) is 5.78 Å². The Bertz CT molecular complexity index is 908. The third-order valence-electron chi connectivity index (χ3n) is 3.75. The fourth-order valence-corrected chi connectivity index (χ4v) is 3.16. The van der Waals surface area contributed by atoms with E-state index in [0.29, 0.717) is 21.9 Å². The van der Waals surface area contributed by atoms with Crippen molar-refractivity contribution in [3.8, 4) is 0 Å². The zero-order valence-corrected chi connectivity index (χ0v) is 11.8. The fraction of sp³-hybridized carbons (Fsp3) is 0. The number of allylic oxidation sites excluding steroid dienone is 1. The highest BCUT2D eigenvalue weighted by molar-refractivity contribution is 6.61. The summed E-state index contributed by atoms with van der Waals surface area (Å²) in [5.74, 6) is -0.0667. The molecule has 1 aliphatic carbocycles. The zero-order chi connectivity index (χ0) is 14.4. The molecular formula is C18H10ClNO. The minimum Gasteiger partial charge on any atom is -0.288 e. The van der Waals surface area contributed by atoms with Gasteiger partial charge in [0, 0.05) is 22.7 Å². The van der Waals surface area contributed by atoms with E-state index in [1.807, 2.05) is 54.6 Å². The summed E-state index contributed by atoms with van der Waals surface area (Å²) in [6.07, 6.45) is 1.67. The molecule has 0 saturated heterocycles. The lowest BCUT2D eigenvalue weighted by atomic mass is 9.86. The minimum absolute atomic E-state index is 0.0667. The SMILES string of the molecule is O=C1C(c2ccccn2)=C(Cl)c2cccc3cccc1c23. The summed E-state index contributed by atoms with van der Waals surface area (Å²) in [5.41, 5.74) is 2.67. The molecule has 1 heterocycles. The fourth-order valence-electron chi connectivity index (χ4n) is 2.82. The standard InChI is InChI=1S/C18H10ClNO/c19-17-12-7-3-5-11-6-4-8-13(15(11)12)18(21)16(17)14-9-1-2-10-20-14/h1-10H. The largest absolute Gasteiger partial charge is 0.288 e. The Kier molecular flexibility index (Phi) is 2.66. The lowest BCUT2D eigenvalue weighted by Crippen LogP contribution is -2.11. The van der Waals surface area contributed by atoms with E-state index in [1.54, 1.807) is 6.20 Å². The summed E-state index contributed by atoms with van der Waals surface area (Å²) in [6, 6.07) is 17.1. The predicted molar refractivity (Wildman–Crippen MR) is 85.2 cm³/mol. The second-order valence-corrected chi connectivity index (χ2v) is 5.32. The van der Waals surface area contributed by atoms with Crippen LogP contribution >= 0.6 is 11.6 Å². The number of ketones is 1. The van der Waals surface area contributed by atoms with Crippen LogP contribution in [0.3, 0.4) is 0 Å². The summed E-state index contributed by atoms with van der Waals surface area (Å²) >= 11 is 6.53. The van der Waals surface area contributed by atoms with Crippen LogP contribution < -0.4 is 0 Å². The first-order valence-corrected chi connectivity index (χ1v) is 7.03. The maximum Gasteiger partial charge on any atom is 0.197 e. The van der Waals surface area contributed by atoms with E-state index in [1.165, 1.54) is 0 Å². The average Bonchev–Trinajstić information content (AvgIpc) is 2.54. The van der Waals surface area contributed by atoms with Gasteiger partial charge in [-0.3, -0.25) is 9.78 Å². The number of rotatable bonds is 1. The van der Waals surface area contributed by atoms with Crippen molar-refractivity contribution in [2.24, 2.45) is 0 Å². The van der Waals surface area contributed by atoms with Crippen molar-refractivity contribution in [1.29, 1.82) is 0 Å². The van der Waals surface area contributed by atoms with Crippen molar-refractivity contribution >= 4 is 38.8 Å². The Hall–Kier alpha value is -2.45. The van der Waals surface area contributed by atoms with Crippen LogP contribution in [0.1, 0.15) is 21.6 Å². The molecule has 0 fully saturated rings. The topological polar surface area (TPSA) is 30.0 Å². The molecule has 0 spiro atoms. The van der Waals surface area contributed by atoms with Crippen LogP contribution in [-0.2, 0) is 0 Å². The highest BCUT2D eigenvalue weighted by atomic mass is 35.5. The number of carbonyl (C=O) groups excluding carboxylic acids is 1. The highest BCUT2D eigenvalue weighted by Crippen LogP contribution is 2.41. The van der Waals surface area contributed by atoms with Crippen molar-refractivity contribution in [3.63, 3.8) is 0 Å². The Morgan fingerprint density at radius 2 is 1.62 bits per heavy atom. The van der Waals surface area contributed by atoms with Crippen LogP contribution in [0.2, 0.25) is 0 Å². The molecule has 21 heavy (non-hydrogen) atoms. The number of hydrogen-bond donors (Lipinski definition) is 0. The number of Topliss-reactive ketones (excluding diaryl/α,β-unsaturated/α-hetero) is 1. The smallest absolute Gasteiger partial charge is 0.197 e. The Morgan fingerprint density at radius 3 is 2.33 bits per heavy atom. The molecule has 2 aromatic carbocycles. The second-order valence-electron chi connectivity index (χ2n) is 4.94. The molecule has 100 valence electrons. The van der Waals surface area contributed by atoms with E-state index in [2.05, 4.69) is 4.98 Å². The minimum atomic E-state index is -0.0667. The molecule has 0 atom stereocenters. The van der Waals surface area contributed by atoms with E-state index < -0.39 is 0 Å². The molecule has 0 aliphatic heterocycles. The molecule has 0 radical (unpaired) electrons. The van der Waals surface area contributed by atoms with Crippen LogP contribution in [0.15, 0.2) is 60.8 Å². The van der Waals surface area contributed by atoms with Gasteiger partial charge in [-0.2, -0.15) is 0 Å². The van der Waals surface area contributed by atoms with E-state index in [4.69, 9.17) is 11.6 Å². The van der Waals surface area contributed by atoms with Gasteiger partial charge >= 0.3 is 0 Å². The van der Waals surface area contributed by atoms with Gasteiger partial charge in [-0.1, -0.05) is 54.1 Å². The van der Waals surface area contributed by atoms with Gasteiger partial charge in [-0.05, 0) is 17.5 Å². The lowest BCUT2D eigenvalue weighted by molar-refractivity contribution is 0.105. The molecule has 2 nitrogen and oxygen atoms in total. The average molecular weight is 292 g/mol. The molecule has 0 N–H and O–H groups in total. The zero-order valence-electron chi connectivity index (χ0n) is 11.0. The quantitative estimate of drug-likeness (QED) is 0.659. The summed E-state index contributed by atoms with van der Waals surface area (Å²) < 4.78 is 0. The summed E-state index contributed by atoms with van der Waals surface area (Å²) in [4.78, 5) is 17.1. The van der Waals surface area contributed by atoms with Gasteiger partial charge in [0.25, 0.3) is 0 Å². The van der Waals surface area contributed by atoms with Crippen LogP contribution in [0.25, 0.3) is 21.4 Å². The molecule has 1 aromatic heterocycles. The molecule has 0 saturated carbocycles. The van der Waals surface area contributed by atoms with Crippen LogP contribution in [-0.4, -0.2) is 10.8 Å². The molecule has 1 aliphatic rings. The molecule has 0 amide bonds. The van der Waals surface area contributed by atoms with E-state index in [0.717, 1.165) is 16.3 Å². The molecule has 0 bridgehead atoms. The normalized spacial score (nSPS) is 13.9. The number of nitrogens with zero attached hydrogens (tertiary/aromatic N) is 1. The predicted octanol–water partition coefficient (Wildman–Crippen LogP) is 4.54. The number of carbonyl (C=O) groups is 1. The first-order valence-electron chi connectivity index (χ1n) is 6.65. The molecular weight excluding hydrogens is 282 g/mol. The molecule has 3 heteroatoms. The number of hydrogen-bond acceptors (Lipinski definition) is 2. The number of halogens is 1. The van der Waals surface area contributed by atoms with Crippen LogP contribution in [0.5, 0.6) is 0 Å². The van der Waals surface area contributed by atoms with Gasteiger partial charge < -0.3 is 0 Å². The maximum absolute atomic E-state index is 12.8. The Labute approximate surface area is 126 Å². The van der Waals surface area contributed by atoms with Gasteiger partial charge in [-0.15, -0.1) is 0 Å². The molecule has 3 aromatic rings. The first-order chi connectivity index (χ1) is 10.3. The van der Waals surface area contributed by atoms with E-state index >= 15 is 0 Å². The van der Waals surface area contributed by atoms with Gasteiger partial charge in [0.2, 0.25) is 0 Å². The summed E-state index contributed by atoms with van der Waals surface area (Å²) in [5, 5.41) is 2.43. The van der Waals surface area contributed by atoms with Crippen molar-refractivity contribution in [3.05, 3.63) is 77.6 Å². The van der Waals surface area contributed by atoms with Crippen molar-refractivity contribution in [1.82, 2.24) is 4.98 Å². The summed E-state index contributed by atoms with van der Waals surface area (Å²) in [6.45, 7) is 0. The van der Waals surface area contributed by atoms with E-state index in [9.17, 15) is 4.79 Å². The second kappa shape index (κ2) is 4.54. The number of benzene rings is 2. The monoisotopic (exact) mass is 291 g/mol. The highest BCUT2D eigenvalue weighted by Gasteiger charge is 2.28. The maximum atomic E-state index is 12.8. The van der Waals surface area contributed by atoms with Gasteiger partial charge in [0.1, 0.15) is 0 Å². The van der Waals surface area contributed by atoms with Crippen molar-refractivity contribution in [2.75, 3.05) is 0 Å². The first kappa shape index (κ1) is 12.3.